The highest BCUT2D eigenvalue weighted by atomic mass is 35.5. The SMILES string of the molecule is Cc1c2nnn(CC(=O)Nc3ccccc3Cl)c(=O)c2nn1C. The molecule has 0 bridgehead atoms. The predicted molar refractivity (Wildman–Crippen MR) is 85.4 cm³/mol. The summed E-state index contributed by atoms with van der Waals surface area (Å²) >= 11 is 5.98. The lowest BCUT2D eigenvalue weighted by molar-refractivity contribution is -0.117. The van der Waals surface area contributed by atoms with Crippen LogP contribution in [0, 0.1) is 6.92 Å². The molecule has 0 atom stereocenters. The Hall–Kier alpha value is -2.74. The van der Waals surface area contributed by atoms with E-state index in [-0.39, 0.29) is 12.1 Å². The molecule has 1 N–H and O–H groups in total. The van der Waals surface area contributed by atoms with Crippen LogP contribution in [0.2, 0.25) is 5.02 Å². The molecule has 2 heterocycles. The molecular weight excluding hydrogens is 320 g/mol. The van der Waals surface area contributed by atoms with Crippen molar-refractivity contribution in [2.75, 3.05) is 5.32 Å². The number of amides is 1. The van der Waals surface area contributed by atoms with E-state index in [1.807, 2.05) is 0 Å². The maximum Gasteiger partial charge on any atom is 0.298 e. The first kappa shape index (κ1) is 15.2. The molecular formula is C14H13ClN6O2. The Balaban J connectivity index is 1.87. The molecule has 0 aliphatic carbocycles. The third-order valence-corrected chi connectivity index (χ3v) is 3.76. The highest BCUT2D eigenvalue weighted by Crippen LogP contribution is 2.20. The van der Waals surface area contributed by atoms with Crippen molar-refractivity contribution >= 4 is 34.2 Å². The summed E-state index contributed by atoms with van der Waals surface area (Å²) in [5.74, 6) is -0.429. The van der Waals surface area contributed by atoms with Gasteiger partial charge in [0.1, 0.15) is 12.1 Å². The second-order valence-corrected chi connectivity index (χ2v) is 5.39. The number of para-hydroxylation sites is 1. The number of halogens is 1. The number of carbonyl (C=O) groups is 1. The van der Waals surface area contributed by atoms with Gasteiger partial charge < -0.3 is 5.32 Å². The zero-order valence-electron chi connectivity index (χ0n) is 12.4. The number of hydrogen-bond acceptors (Lipinski definition) is 5. The lowest BCUT2D eigenvalue weighted by Crippen LogP contribution is -2.30. The van der Waals surface area contributed by atoms with Crippen LogP contribution in [-0.4, -0.2) is 30.7 Å². The second kappa shape index (κ2) is 5.81. The smallest absolute Gasteiger partial charge is 0.298 e. The summed E-state index contributed by atoms with van der Waals surface area (Å²) in [4.78, 5) is 24.4. The van der Waals surface area contributed by atoms with E-state index < -0.39 is 11.5 Å². The number of nitrogens with zero attached hydrogens (tertiary/aromatic N) is 5. The Morgan fingerprint density at radius 1 is 1.30 bits per heavy atom. The average molecular weight is 333 g/mol. The van der Waals surface area contributed by atoms with Crippen LogP contribution < -0.4 is 10.9 Å². The van der Waals surface area contributed by atoms with Crippen LogP contribution in [0.3, 0.4) is 0 Å². The van der Waals surface area contributed by atoms with Crippen molar-refractivity contribution < 1.29 is 4.79 Å². The fraction of sp³-hybridized carbons (Fsp3) is 0.214. The lowest BCUT2D eigenvalue weighted by Gasteiger charge is -2.07. The molecule has 23 heavy (non-hydrogen) atoms. The molecule has 3 aromatic rings. The Morgan fingerprint density at radius 3 is 2.78 bits per heavy atom. The normalized spacial score (nSPS) is 10.9. The molecule has 0 saturated heterocycles. The van der Waals surface area contributed by atoms with Crippen LogP contribution >= 0.6 is 11.6 Å². The minimum absolute atomic E-state index is 0.186. The van der Waals surface area contributed by atoms with Gasteiger partial charge in [0, 0.05) is 7.05 Å². The van der Waals surface area contributed by atoms with Gasteiger partial charge in [-0.3, -0.25) is 14.3 Å². The summed E-state index contributed by atoms with van der Waals surface area (Å²) in [5, 5.41) is 14.9. The first-order valence-corrected chi connectivity index (χ1v) is 7.16. The predicted octanol–water partition coefficient (Wildman–Crippen LogP) is 1.13. The number of carbonyl (C=O) groups excluding carboxylic acids is 1. The van der Waals surface area contributed by atoms with E-state index >= 15 is 0 Å². The molecule has 1 amide bonds. The van der Waals surface area contributed by atoms with E-state index in [1.165, 1.54) is 0 Å². The highest BCUT2D eigenvalue weighted by molar-refractivity contribution is 6.33. The van der Waals surface area contributed by atoms with E-state index in [9.17, 15) is 9.59 Å². The van der Waals surface area contributed by atoms with Crippen LogP contribution in [0.15, 0.2) is 29.1 Å². The third-order valence-electron chi connectivity index (χ3n) is 3.43. The molecule has 118 valence electrons. The van der Waals surface area contributed by atoms with Crippen molar-refractivity contribution in [1.82, 2.24) is 24.8 Å². The van der Waals surface area contributed by atoms with Crippen molar-refractivity contribution in [1.29, 1.82) is 0 Å². The summed E-state index contributed by atoms with van der Waals surface area (Å²) in [6.07, 6.45) is 0. The standard InChI is InChI=1S/C14H13ClN6O2/c1-8-12-13(18-20(8)2)14(23)21(19-17-12)7-11(22)16-10-6-4-3-5-9(10)15/h3-6H,7H2,1-2H3,(H,16,22). The van der Waals surface area contributed by atoms with E-state index in [2.05, 4.69) is 20.7 Å². The summed E-state index contributed by atoms with van der Waals surface area (Å²) < 4.78 is 2.52. The second-order valence-electron chi connectivity index (χ2n) is 4.99. The maximum absolute atomic E-state index is 12.3. The molecule has 0 aliphatic heterocycles. The van der Waals surface area contributed by atoms with Gasteiger partial charge in [0.15, 0.2) is 5.52 Å². The minimum atomic E-state index is -0.465. The third kappa shape index (κ3) is 2.80. The number of nitrogens with one attached hydrogen (secondary N) is 1. The molecule has 3 rings (SSSR count). The Morgan fingerprint density at radius 2 is 2.04 bits per heavy atom. The van der Waals surface area contributed by atoms with Gasteiger partial charge >= 0.3 is 0 Å². The molecule has 0 fully saturated rings. The van der Waals surface area contributed by atoms with Crippen molar-refractivity contribution in [3.05, 3.63) is 45.3 Å². The van der Waals surface area contributed by atoms with Crippen molar-refractivity contribution in [2.24, 2.45) is 7.05 Å². The van der Waals surface area contributed by atoms with E-state index in [0.29, 0.717) is 16.2 Å². The van der Waals surface area contributed by atoms with Gasteiger partial charge in [-0.15, -0.1) is 5.10 Å². The number of anilines is 1. The van der Waals surface area contributed by atoms with Crippen LogP contribution in [0.25, 0.3) is 11.0 Å². The molecule has 1 aromatic carbocycles. The Bertz CT molecular complexity index is 962. The molecule has 8 nitrogen and oxygen atoms in total. The van der Waals surface area contributed by atoms with Crippen molar-refractivity contribution in [3.8, 4) is 0 Å². The largest absolute Gasteiger partial charge is 0.323 e. The van der Waals surface area contributed by atoms with Crippen LogP contribution in [0.1, 0.15) is 5.69 Å². The minimum Gasteiger partial charge on any atom is -0.323 e. The Kier molecular flexibility index (Phi) is 3.83. The summed E-state index contributed by atoms with van der Waals surface area (Å²) in [6, 6.07) is 6.83. The first-order chi connectivity index (χ1) is 11.0. The van der Waals surface area contributed by atoms with E-state index in [1.54, 1.807) is 42.9 Å². The molecule has 0 aliphatic rings. The van der Waals surface area contributed by atoms with Gasteiger partial charge in [-0.05, 0) is 19.1 Å². The summed E-state index contributed by atoms with van der Waals surface area (Å²) in [6.45, 7) is 1.51. The molecule has 2 aromatic heterocycles. The van der Waals surface area contributed by atoms with Gasteiger partial charge in [-0.25, -0.2) is 0 Å². The zero-order valence-corrected chi connectivity index (χ0v) is 13.2. The number of hydrogen-bond donors (Lipinski definition) is 1. The van der Waals surface area contributed by atoms with Gasteiger partial charge in [0.2, 0.25) is 5.91 Å². The summed E-state index contributed by atoms with van der Waals surface area (Å²) in [5.41, 5.74) is 1.35. The number of benzene rings is 1. The number of aromatic nitrogens is 5. The van der Waals surface area contributed by atoms with Crippen LogP contribution in [-0.2, 0) is 18.4 Å². The van der Waals surface area contributed by atoms with E-state index in [4.69, 9.17) is 11.6 Å². The van der Waals surface area contributed by atoms with Gasteiger partial charge in [-0.1, -0.05) is 28.9 Å². The van der Waals surface area contributed by atoms with Crippen LogP contribution in [0.4, 0.5) is 5.69 Å². The number of fused-ring (bicyclic) bond motifs is 1. The van der Waals surface area contributed by atoms with E-state index in [0.717, 1.165) is 10.4 Å². The first-order valence-electron chi connectivity index (χ1n) is 6.79. The zero-order chi connectivity index (χ0) is 16.6. The van der Waals surface area contributed by atoms with Gasteiger partial charge in [0.25, 0.3) is 5.56 Å². The highest BCUT2D eigenvalue weighted by Gasteiger charge is 2.15. The molecule has 0 radical (unpaired) electrons. The van der Waals surface area contributed by atoms with Gasteiger partial charge in [-0.2, -0.15) is 9.78 Å². The molecule has 0 saturated carbocycles. The Labute approximate surface area is 135 Å². The maximum atomic E-state index is 12.3. The number of aryl methyl sites for hydroxylation is 2. The molecule has 9 heteroatoms. The average Bonchev–Trinajstić information content (AvgIpc) is 2.81. The molecule has 0 spiro atoms. The van der Waals surface area contributed by atoms with Gasteiger partial charge in [0.05, 0.1) is 16.4 Å². The topological polar surface area (TPSA) is 94.7 Å². The fourth-order valence-corrected chi connectivity index (χ4v) is 2.30. The summed E-state index contributed by atoms with van der Waals surface area (Å²) in [7, 11) is 1.71. The molecule has 0 unspecified atom stereocenters. The van der Waals surface area contributed by atoms with Crippen molar-refractivity contribution in [2.45, 2.75) is 13.5 Å². The van der Waals surface area contributed by atoms with Crippen LogP contribution in [0.5, 0.6) is 0 Å². The fourth-order valence-electron chi connectivity index (χ4n) is 2.11. The monoisotopic (exact) mass is 332 g/mol. The quantitative estimate of drug-likeness (QED) is 0.775. The number of rotatable bonds is 3. The van der Waals surface area contributed by atoms with Crippen molar-refractivity contribution in [3.63, 3.8) is 0 Å². The lowest BCUT2D eigenvalue weighted by atomic mass is 10.3.